The second-order valence-electron chi connectivity index (χ2n) is 4.08. The highest BCUT2D eigenvalue weighted by atomic mass is 15.1. The molecular weight excluding hydrogens is 322 g/mol. The number of nitrogens with zero attached hydrogens (tertiary/aromatic N) is 3. The van der Waals surface area contributed by atoms with Crippen LogP contribution in [-0.4, -0.2) is 29.0 Å². The summed E-state index contributed by atoms with van der Waals surface area (Å²) in [6, 6.07) is 7.92. The molecule has 3 N–H and O–H groups in total. The van der Waals surface area contributed by atoms with Gasteiger partial charge < -0.3 is 11.1 Å². The van der Waals surface area contributed by atoms with Crippen molar-refractivity contribution in [2.24, 2.45) is 10.7 Å². The van der Waals surface area contributed by atoms with Crippen LogP contribution in [0.4, 0.5) is 0 Å². The van der Waals surface area contributed by atoms with Crippen LogP contribution in [-0.2, 0) is 0 Å². The van der Waals surface area contributed by atoms with Gasteiger partial charge in [-0.05, 0) is 26.0 Å². The number of nitrogens with two attached hydrogens (primary N) is 1. The molecule has 0 radical (unpaired) electrons. The van der Waals surface area contributed by atoms with Crippen LogP contribution < -0.4 is 11.1 Å². The molecule has 1 aliphatic heterocycles. The maximum atomic E-state index is 5.17. The third-order valence-corrected chi connectivity index (χ3v) is 2.68. The molecule has 0 saturated carbocycles. The summed E-state index contributed by atoms with van der Waals surface area (Å²) < 4.78 is 0. The lowest BCUT2D eigenvalue weighted by Crippen LogP contribution is -2.26. The molecule has 150 valence electrons. The van der Waals surface area contributed by atoms with Crippen molar-refractivity contribution in [3.8, 4) is 0 Å². The average molecular weight is 364 g/mol. The van der Waals surface area contributed by atoms with Crippen LogP contribution in [0.25, 0.3) is 11.0 Å². The normalized spacial score (nSPS) is 10.3. The van der Waals surface area contributed by atoms with Crippen molar-refractivity contribution >= 4 is 17.0 Å². The van der Waals surface area contributed by atoms with E-state index in [-0.39, 0.29) is 0 Å². The van der Waals surface area contributed by atoms with Crippen molar-refractivity contribution in [3.05, 3.63) is 35.7 Å². The summed E-state index contributed by atoms with van der Waals surface area (Å²) in [5, 5.41) is 2.85. The molecule has 1 aromatic carbocycles. The lowest BCUT2D eigenvalue weighted by Gasteiger charge is -2.00. The van der Waals surface area contributed by atoms with Crippen LogP contribution >= 0.6 is 0 Å². The molecule has 2 heterocycles. The Morgan fingerprint density at radius 3 is 1.38 bits per heavy atom. The topological polar surface area (TPSA) is 76.2 Å². The Morgan fingerprint density at radius 2 is 1.15 bits per heavy atom. The van der Waals surface area contributed by atoms with E-state index in [1.807, 2.05) is 93.5 Å². The molecule has 1 aliphatic rings. The van der Waals surface area contributed by atoms with Gasteiger partial charge in [0.1, 0.15) is 0 Å². The number of benzene rings is 1. The zero-order valence-corrected chi connectivity index (χ0v) is 18.6. The lowest BCUT2D eigenvalue weighted by atomic mass is 10.2. The number of nitrogens with one attached hydrogen (secondary N) is 1. The first-order chi connectivity index (χ1) is 12.7. The van der Waals surface area contributed by atoms with Crippen molar-refractivity contribution in [1.82, 2.24) is 15.3 Å². The molecule has 0 spiro atoms. The number of hydrogen-bond acceptors (Lipinski definition) is 5. The maximum absolute atomic E-state index is 5.17. The van der Waals surface area contributed by atoms with Gasteiger partial charge >= 0.3 is 0 Å². The first-order valence-electron chi connectivity index (χ1n) is 9.90. The largest absolute Gasteiger partial charge is 0.370 e. The van der Waals surface area contributed by atoms with E-state index in [0.717, 1.165) is 35.5 Å². The van der Waals surface area contributed by atoms with Crippen molar-refractivity contribution < 1.29 is 0 Å². The average Bonchev–Trinajstić information content (AvgIpc) is 3.20. The Balaban J connectivity index is -0.000000321. The molecule has 0 atom stereocenters. The first kappa shape index (κ1) is 28.6. The number of para-hydroxylation sites is 2. The number of fused-ring (bicyclic) bond motifs is 1. The third kappa shape index (κ3) is 12.2. The Kier molecular flexibility index (Phi) is 23.0. The van der Waals surface area contributed by atoms with Crippen LogP contribution in [0.15, 0.2) is 29.3 Å². The highest BCUT2D eigenvalue weighted by Crippen LogP contribution is 2.10. The van der Waals surface area contributed by atoms with Crippen LogP contribution in [0.5, 0.6) is 0 Å². The zero-order chi connectivity index (χ0) is 21.0. The van der Waals surface area contributed by atoms with E-state index in [1.54, 1.807) is 0 Å². The van der Waals surface area contributed by atoms with E-state index in [0.29, 0.717) is 5.96 Å². The summed E-state index contributed by atoms with van der Waals surface area (Å²) in [6.45, 7) is 21.7. The number of aryl methyl sites for hydroxylation is 2. The lowest BCUT2D eigenvalue weighted by molar-refractivity contribution is 0.957. The van der Waals surface area contributed by atoms with Gasteiger partial charge in [-0.15, -0.1) is 0 Å². The van der Waals surface area contributed by atoms with Gasteiger partial charge in [-0.1, -0.05) is 67.5 Å². The minimum absolute atomic E-state index is 0.579. The molecule has 1 aromatic heterocycles. The van der Waals surface area contributed by atoms with Gasteiger partial charge in [-0.25, -0.2) is 9.97 Å². The summed E-state index contributed by atoms with van der Waals surface area (Å²) in [7, 11) is 0. The van der Waals surface area contributed by atoms with Crippen molar-refractivity contribution in [2.75, 3.05) is 13.1 Å². The summed E-state index contributed by atoms with van der Waals surface area (Å²) in [6.07, 6.45) is 0. The highest BCUT2D eigenvalue weighted by Gasteiger charge is 1.98. The molecule has 5 heteroatoms. The minimum Gasteiger partial charge on any atom is -0.370 e. The van der Waals surface area contributed by atoms with E-state index < -0.39 is 0 Å². The number of aliphatic imine (C=N–C) groups is 1. The Bertz CT molecular complexity index is 539. The van der Waals surface area contributed by atoms with Gasteiger partial charge in [0, 0.05) is 6.54 Å². The SMILES string of the molecule is CC.CC.CC.CC.Cc1nc2ccccc2nc1C.NC1=NCCN1. The van der Waals surface area contributed by atoms with Gasteiger partial charge in [-0.2, -0.15) is 0 Å². The summed E-state index contributed by atoms with van der Waals surface area (Å²) in [5.41, 5.74) is 9.14. The van der Waals surface area contributed by atoms with Gasteiger partial charge in [0.05, 0.1) is 29.0 Å². The fraction of sp³-hybridized carbons (Fsp3) is 0.571. The van der Waals surface area contributed by atoms with Crippen LogP contribution in [0.2, 0.25) is 0 Å². The molecule has 3 rings (SSSR count). The van der Waals surface area contributed by atoms with E-state index in [9.17, 15) is 0 Å². The van der Waals surface area contributed by atoms with Gasteiger partial charge in [-0.3, -0.25) is 4.99 Å². The summed E-state index contributed by atoms with van der Waals surface area (Å²) >= 11 is 0. The van der Waals surface area contributed by atoms with Crippen molar-refractivity contribution in [1.29, 1.82) is 0 Å². The molecular formula is C21H41N5. The summed E-state index contributed by atoms with van der Waals surface area (Å²) in [4.78, 5) is 12.6. The van der Waals surface area contributed by atoms with Crippen LogP contribution in [0.3, 0.4) is 0 Å². The molecule has 0 saturated heterocycles. The van der Waals surface area contributed by atoms with Crippen molar-refractivity contribution in [3.63, 3.8) is 0 Å². The van der Waals surface area contributed by atoms with Gasteiger partial charge in [0.2, 0.25) is 0 Å². The van der Waals surface area contributed by atoms with E-state index in [1.165, 1.54) is 0 Å². The number of rotatable bonds is 0. The Morgan fingerprint density at radius 1 is 0.769 bits per heavy atom. The Labute approximate surface area is 161 Å². The molecule has 26 heavy (non-hydrogen) atoms. The molecule has 0 amide bonds. The summed E-state index contributed by atoms with van der Waals surface area (Å²) in [5.74, 6) is 0.579. The van der Waals surface area contributed by atoms with E-state index in [4.69, 9.17) is 5.73 Å². The second-order valence-corrected chi connectivity index (χ2v) is 4.08. The molecule has 0 unspecified atom stereocenters. The predicted octanol–water partition coefficient (Wildman–Crippen LogP) is 5.26. The number of guanidine groups is 1. The first-order valence-corrected chi connectivity index (χ1v) is 9.90. The quantitative estimate of drug-likeness (QED) is 0.669. The zero-order valence-electron chi connectivity index (χ0n) is 18.6. The molecule has 0 aliphatic carbocycles. The highest BCUT2D eigenvalue weighted by molar-refractivity contribution is 5.79. The van der Waals surface area contributed by atoms with Crippen molar-refractivity contribution in [2.45, 2.75) is 69.2 Å². The van der Waals surface area contributed by atoms with Gasteiger partial charge in [0.15, 0.2) is 5.96 Å². The minimum atomic E-state index is 0.579. The van der Waals surface area contributed by atoms with Crippen LogP contribution in [0, 0.1) is 13.8 Å². The second kappa shape index (κ2) is 20.9. The third-order valence-electron chi connectivity index (χ3n) is 2.68. The Hall–Kier alpha value is -2.17. The maximum Gasteiger partial charge on any atom is 0.188 e. The standard InChI is InChI=1S/C10H10N2.C3H7N3.4C2H6/c1-7-8(2)12-10-6-4-3-5-9(10)11-7;4-3-5-1-2-6-3;4*1-2/h3-6H,1-2H3;1-2H2,(H3,4,5,6);4*1-2H3. The molecule has 0 fully saturated rings. The fourth-order valence-corrected chi connectivity index (χ4v) is 1.59. The van der Waals surface area contributed by atoms with Crippen LogP contribution in [0.1, 0.15) is 66.8 Å². The number of aromatic nitrogens is 2. The number of hydrogen-bond donors (Lipinski definition) is 2. The molecule has 0 bridgehead atoms. The predicted molar refractivity (Wildman–Crippen MR) is 119 cm³/mol. The fourth-order valence-electron chi connectivity index (χ4n) is 1.59. The van der Waals surface area contributed by atoms with E-state index >= 15 is 0 Å². The van der Waals surface area contributed by atoms with E-state index in [2.05, 4.69) is 20.3 Å². The van der Waals surface area contributed by atoms with Gasteiger partial charge in [0.25, 0.3) is 0 Å². The monoisotopic (exact) mass is 363 g/mol. The smallest absolute Gasteiger partial charge is 0.188 e. The molecule has 2 aromatic rings. The molecule has 5 nitrogen and oxygen atoms in total.